The lowest BCUT2D eigenvalue weighted by molar-refractivity contribution is -0.120. The van der Waals surface area contributed by atoms with E-state index in [4.69, 9.17) is 0 Å². The maximum Gasteiger partial charge on any atom is 0.251 e. The summed E-state index contributed by atoms with van der Waals surface area (Å²) in [4.78, 5) is 16.2. The van der Waals surface area contributed by atoms with E-state index in [1.54, 1.807) is 12.1 Å². The van der Waals surface area contributed by atoms with E-state index >= 15 is 0 Å². The Hall–Kier alpha value is -2.69. The summed E-state index contributed by atoms with van der Waals surface area (Å²) in [5.41, 5.74) is 1.74. The molecule has 0 radical (unpaired) electrons. The molecule has 1 heterocycles. The molecule has 2 aromatic rings. The second-order valence-electron chi connectivity index (χ2n) is 4.80. The Labute approximate surface area is 121 Å². The number of amides is 1. The van der Waals surface area contributed by atoms with Crippen LogP contribution in [-0.4, -0.2) is 17.9 Å². The van der Waals surface area contributed by atoms with Crippen LogP contribution in [-0.2, 0) is 11.2 Å². The molecule has 0 spiro atoms. The zero-order valence-electron chi connectivity index (χ0n) is 11.2. The predicted octanol–water partition coefficient (Wildman–Crippen LogP) is 2.33. The molecule has 0 aliphatic carbocycles. The molecule has 0 unspecified atom stereocenters. The largest absolute Gasteiger partial charge is 0.326 e. The monoisotopic (exact) mass is 283 g/mol. The topological polar surface area (TPSA) is 53.5 Å². The van der Waals surface area contributed by atoms with Crippen molar-refractivity contribution in [2.24, 2.45) is 4.99 Å². The minimum atomic E-state index is -0.435. The van der Waals surface area contributed by atoms with Gasteiger partial charge in [-0.3, -0.25) is 10.1 Å². The summed E-state index contributed by atoms with van der Waals surface area (Å²) in [7, 11) is 0. The Morgan fingerprint density at radius 3 is 2.52 bits per heavy atom. The van der Waals surface area contributed by atoms with Gasteiger partial charge in [-0.2, -0.15) is 0 Å². The molecule has 106 valence electrons. The van der Waals surface area contributed by atoms with E-state index in [0.29, 0.717) is 18.1 Å². The third-order valence-corrected chi connectivity index (χ3v) is 3.21. The lowest BCUT2D eigenvalue weighted by atomic mass is 10.1. The van der Waals surface area contributed by atoms with Crippen molar-refractivity contribution >= 4 is 17.6 Å². The lowest BCUT2D eigenvalue weighted by Crippen LogP contribution is -2.33. The Balaban J connectivity index is 1.69. The number of hydrogen-bond donors (Lipinski definition) is 2. The first-order valence-corrected chi connectivity index (χ1v) is 6.66. The zero-order valence-corrected chi connectivity index (χ0v) is 11.2. The number of nitrogens with one attached hydrogen (secondary N) is 2. The molecule has 0 aromatic heterocycles. The Morgan fingerprint density at radius 1 is 1.10 bits per heavy atom. The maximum absolute atomic E-state index is 12.8. The summed E-state index contributed by atoms with van der Waals surface area (Å²) >= 11 is 0. The minimum absolute atomic E-state index is 0.136. The Bertz CT molecular complexity index is 668. The molecular formula is C16H14FN3O. The van der Waals surface area contributed by atoms with Crippen LogP contribution >= 0.6 is 0 Å². The van der Waals surface area contributed by atoms with Crippen LogP contribution in [0.4, 0.5) is 10.1 Å². The number of hydrogen-bond acceptors (Lipinski definition) is 3. The smallest absolute Gasteiger partial charge is 0.251 e. The van der Waals surface area contributed by atoms with Crippen molar-refractivity contribution in [1.29, 1.82) is 0 Å². The molecule has 1 atom stereocenters. The number of carbonyl (C=O) groups is 1. The standard InChI is InChI=1S/C16H14FN3O/c17-12-6-8-13(9-7-12)18-16-19-14(15(21)20-16)10-11-4-2-1-3-5-11/h1-9,14H,10H2,(H2,18,19,20,21)/t14-/m0/s1. The normalized spacial score (nSPS) is 17.3. The molecule has 1 amide bonds. The van der Waals surface area contributed by atoms with Gasteiger partial charge in [-0.05, 0) is 29.8 Å². The predicted molar refractivity (Wildman–Crippen MR) is 79.5 cm³/mol. The molecule has 0 fully saturated rings. The molecular weight excluding hydrogens is 269 g/mol. The van der Waals surface area contributed by atoms with Crippen LogP contribution in [0, 0.1) is 5.82 Å². The first kappa shape index (κ1) is 13.3. The van der Waals surface area contributed by atoms with Crippen LogP contribution in [0.15, 0.2) is 59.6 Å². The van der Waals surface area contributed by atoms with Crippen molar-refractivity contribution < 1.29 is 9.18 Å². The molecule has 5 heteroatoms. The number of nitrogens with zero attached hydrogens (tertiary/aromatic N) is 1. The summed E-state index contributed by atoms with van der Waals surface area (Å²) in [6, 6.07) is 15.2. The van der Waals surface area contributed by atoms with Crippen LogP contribution in [0.25, 0.3) is 0 Å². The van der Waals surface area contributed by atoms with E-state index in [2.05, 4.69) is 15.6 Å². The van der Waals surface area contributed by atoms with Gasteiger partial charge in [0.1, 0.15) is 11.9 Å². The van der Waals surface area contributed by atoms with Crippen LogP contribution in [0.1, 0.15) is 5.56 Å². The molecule has 21 heavy (non-hydrogen) atoms. The summed E-state index contributed by atoms with van der Waals surface area (Å²) in [6.45, 7) is 0. The van der Waals surface area contributed by atoms with E-state index in [1.165, 1.54) is 12.1 Å². The fourth-order valence-corrected chi connectivity index (χ4v) is 2.16. The molecule has 1 aliphatic rings. The summed E-state index contributed by atoms with van der Waals surface area (Å²) in [5.74, 6) is -0.0455. The summed E-state index contributed by atoms with van der Waals surface area (Å²) in [5, 5.41) is 5.66. The Kier molecular flexibility index (Phi) is 3.64. The Morgan fingerprint density at radius 2 is 1.81 bits per heavy atom. The number of benzene rings is 2. The van der Waals surface area contributed by atoms with Gasteiger partial charge in [0.2, 0.25) is 5.96 Å². The number of anilines is 1. The number of aliphatic imine (C=N–C) groups is 1. The average molecular weight is 283 g/mol. The average Bonchev–Trinajstić information content (AvgIpc) is 2.82. The highest BCUT2D eigenvalue weighted by atomic mass is 19.1. The highest BCUT2D eigenvalue weighted by Gasteiger charge is 2.26. The SMILES string of the molecule is O=C1NC(Nc2ccc(F)cc2)=N[C@H]1Cc1ccccc1. The van der Waals surface area contributed by atoms with Gasteiger partial charge in [0.15, 0.2) is 0 Å². The molecule has 3 rings (SSSR count). The third-order valence-electron chi connectivity index (χ3n) is 3.21. The van der Waals surface area contributed by atoms with Crippen molar-refractivity contribution in [2.45, 2.75) is 12.5 Å². The zero-order chi connectivity index (χ0) is 14.7. The highest BCUT2D eigenvalue weighted by Crippen LogP contribution is 2.12. The van der Waals surface area contributed by atoms with Gasteiger partial charge >= 0.3 is 0 Å². The van der Waals surface area contributed by atoms with Crippen LogP contribution in [0.2, 0.25) is 0 Å². The summed E-state index contributed by atoms with van der Waals surface area (Å²) < 4.78 is 12.8. The van der Waals surface area contributed by atoms with Gasteiger partial charge in [-0.1, -0.05) is 30.3 Å². The first-order chi connectivity index (χ1) is 10.2. The highest BCUT2D eigenvalue weighted by molar-refractivity contribution is 6.10. The second-order valence-corrected chi connectivity index (χ2v) is 4.80. The van der Waals surface area contributed by atoms with Crippen molar-refractivity contribution in [3.05, 3.63) is 66.0 Å². The fraction of sp³-hybridized carbons (Fsp3) is 0.125. The third kappa shape index (κ3) is 3.25. The fourth-order valence-electron chi connectivity index (χ4n) is 2.16. The molecule has 2 aromatic carbocycles. The van der Waals surface area contributed by atoms with Crippen molar-refractivity contribution in [3.8, 4) is 0 Å². The quantitative estimate of drug-likeness (QED) is 0.908. The lowest BCUT2D eigenvalue weighted by Gasteiger charge is -2.04. The molecule has 2 N–H and O–H groups in total. The van der Waals surface area contributed by atoms with Gasteiger partial charge in [0.25, 0.3) is 5.91 Å². The van der Waals surface area contributed by atoms with E-state index in [9.17, 15) is 9.18 Å². The van der Waals surface area contributed by atoms with Crippen LogP contribution in [0.3, 0.4) is 0 Å². The summed E-state index contributed by atoms with van der Waals surface area (Å²) in [6.07, 6.45) is 0.557. The number of halogens is 1. The van der Waals surface area contributed by atoms with Crippen molar-refractivity contribution in [1.82, 2.24) is 5.32 Å². The van der Waals surface area contributed by atoms with Gasteiger partial charge in [-0.15, -0.1) is 0 Å². The van der Waals surface area contributed by atoms with Crippen molar-refractivity contribution in [2.75, 3.05) is 5.32 Å². The first-order valence-electron chi connectivity index (χ1n) is 6.66. The number of guanidine groups is 1. The molecule has 0 saturated carbocycles. The minimum Gasteiger partial charge on any atom is -0.326 e. The van der Waals surface area contributed by atoms with E-state index < -0.39 is 6.04 Å². The van der Waals surface area contributed by atoms with E-state index in [0.717, 1.165) is 5.56 Å². The molecule has 4 nitrogen and oxygen atoms in total. The van der Waals surface area contributed by atoms with Gasteiger partial charge < -0.3 is 5.32 Å². The molecule has 0 saturated heterocycles. The van der Waals surface area contributed by atoms with Crippen molar-refractivity contribution in [3.63, 3.8) is 0 Å². The van der Waals surface area contributed by atoms with Gasteiger partial charge in [0.05, 0.1) is 0 Å². The van der Waals surface area contributed by atoms with Crippen LogP contribution in [0.5, 0.6) is 0 Å². The molecule has 0 bridgehead atoms. The van der Waals surface area contributed by atoms with Crippen LogP contribution < -0.4 is 10.6 Å². The van der Waals surface area contributed by atoms with E-state index in [-0.39, 0.29) is 11.7 Å². The van der Waals surface area contributed by atoms with Gasteiger partial charge in [0, 0.05) is 12.1 Å². The number of carbonyl (C=O) groups excluding carboxylic acids is 1. The molecule has 1 aliphatic heterocycles. The van der Waals surface area contributed by atoms with E-state index in [1.807, 2.05) is 30.3 Å². The second kappa shape index (κ2) is 5.75. The maximum atomic E-state index is 12.8. The number of rotatable bonds is 3. The van der Waals surface area contributed by atoms with Gasteiger partial charge in [-0.25, -0.2) is 9.38 Å².